The lowest BCUT2D eigenvalue weighted by molar-refractivity contribution is -0.731. The van der Waals surface area contributed by atoms with Crippen molar-refractivity contribution in [3.63, 3.8) is 0 Å². The molecule has 2 unspecified atom stereocenters. The Morgan fingerprint density at radius 2 is 1.65 bits per heavy atom. The number of fused-ring (bicyclic) bond motifs is 1. The van der Waals surface area contributed by atoms with E-state index in [1.807, 2.05) is 67.6 Å². The molecule has 1 fully saturated rings. The van der Waals surface area contributed by atoms with Gasteiger partial charge in [0.15, 0.2) is 18.3 Å². The van der Waals surface area contributed by atoms with Gasteiger partial charge >= 0.3 is 23.8 Å². The van der Waals surface area contributed by atoms with Crippen LogP contribution in [-0.4, -0.2) is 75.9 Å². The number of anilines is 1. The van der Waals surface area contributed by atoms with Crippen molar-refractivity contribution in [2.24, 2.45) is 7.05 Å². The van der Waals surface area contributed by atoms with Crippen LogP contribution in [0, 0.1) is 0 Å². The zero-order valence-electron chi connectivity index (χ0n) is 27.5. The average Bonchev–Trinajstić information content (AvgIpc) is 3.44. The number of esters is 2. The molecule has 1 aromatic heterocycles. The van der Waals surface area contributed by atoms with E-state index in [1.54, 1.807) is 49.4 Å². The molecule has 3 aromatic rings. The third kappa shape index (κ3) is 6.93. The number of carbonyl (C=O) groups excluding carboxylic acids is 5. The van der Waals surface area contributed by atoms with Crippen LogP contribution in [-0.2, 0) is 40.4 Å². The van der Waals surface area contributed by atoms with Gasteiger partial charge in [0, 0.05) is 0 Å². The van der Waals surface area contributed by atoms with Crippen molar-refractivity contribution in [2.45, 2.75) is 56.1 Å². The van der Waals surface area contributed by atoms with E-state index >= 15 is 0 Å². The summed E-state index contributed by atoms with van der Waals surface area (Å²) in [5, 5.41) is 1.60. The van der Waals surface area contributed by atoms with Gasteiger partial charge in [-0.25, -0.2) is 14.4 Å². The van der Waals surface area contributed by atoms with Gasteiger partial charge in [-0.15, -0.1) is 11.8 Å². The zero-order chi connectivity index (χ0) is 34.7. The molecule has 3 heterocycles. The maximum Gasteiger partial charge on any atom is 0.408 e. The number of hydrogen-bond acceptors (Lipinski definition) is 9. The summed E-state index contributed by atoms with van der Waals surface area (Å²) in [7, 11) is 2.88. The number of rotatable bonds is 10. The molecule has 48 heavy (non-hydrogen) atoms. The monoisotopic (exact) mass is 676 g/mol. The molecule has 5 rings (SSSR count). The molecule has 3 atom stereocenters. The fraction of sp³-hybridized carbons (Fsp3) is 0.353. The first kappa shape index (κ1) is 34.2. The van der Waals surface area contributed by atoms with E-state index < -0.39 is 52.3 Å². The second-order valence-electron chi connectivity index (χ2n) is 12.2. The van der Waals surface area contributed by atoms with Gasteiger partial charge in [0.05, 0.1) is 24.6 Å². The molecule has 0 spiro atoms. The van der Waals surface area contributed by atoms with Crippen molar-refractivity contribution in [3.05, 3.63) is 89.8 Å². The molecule has 252 valence electrons. The summed E-state index contributed by atoms with van der Waals surface area (Å²) in [5.41, 5.74) is 1.07. The van der Waals surface area contributed by atoms with Crippen LogP contribution in [0.2, 0.25) is 0 Å². The quantitative estimate of drug-likeness (QED) is 0.113. The van der Waals surface area contributed by atoms with Crippen molar-refractivity contribution in [1.82, 2.24) is 14.9 Å². The number of nitrogens with zero attached hydrogens (tertiary/aromatic N) is 4. The van der Waals surface area contributed by atoms with E-state index in [9.17, 15) is 24.0 Å². The highest BCUT2D eigenvalue weighted by Gasteiger charge is 2.57. The van der Waals surface area contributed by atoms with E-state index in [4.69, 9.17) is 14.2 Å². The number of thioether (sulfide) groups is 1. The molecule has 1 saturated heterocycles. The van der Waals surface area contributed by atoms with E-state index in [2.05, 4.69) is 5.32 Å². The Morgan fingerprint density at radius 3 is 2.19 bits per heavy atom. The van der Waals surface area contributed by atoms with E-state index in [1.165, 1.54) is 28.7 Å². The van der Waals surface area contributed by atoms with Crippen molar-refractivity contribution in [3.8, 4) is 0 Å². The van der Waals surface area contributed by atoms with Crippen LogP contribution >= 0.6 is 11.8 Å². The number of alkyl carbamates (subject to hydrolysis) is 1. The second kappa shape index (κ2) is 13.9. The van der Waals surface area contributed by atoms with E-state index in [0.29, 0.717) is 17.9 Å². The Bertz CT molecular complexity index is 1700. The molecule has 2 aromatic carbocycles. The van der Waals surface area contributed by atoms with Gasteiger partial charge in [0.2, 0.25) is 0 Å². The minimum atomic E-state index is -0.949. The third-order valence-electron chi connectivity index (χ3n) is 7.77. The molecular formula is C34H38N5O8S+. The van der Waals surface area contributed by atoms with E-state index in [0.717, 1.165) is 11.1 Å². The number of ether oxygens (including phenoxy) is 3. The standard InChI is InChI=1S/C34H37N5O8S/c1-21-27(38-18-17-24(36(38)5)37(20-40)19-25(41)45-6)28(39-30(42)26(31(39)48-21)35-33(44)47-34(2,3)4)32(43)46-29(22-13-9-7-10-14-22)23-15-11-8-12-16-23/h7-18,20-21,26,29,31H,19H2,1-6H3/p+1/t21?,26?,31-/m1/s1. The van der Waals surface area contributed by atoms with Crippen LogP contribution < -0.4 is 14.9 Å². The summed E-state index contributed by atoms with van der Waals surface area (Å²) in [4.78, 5) is 67.5. The smallest absolute Gasteiger partial charge is 0.408 e. The second-order valence-corrected chi connectivity index (χ2v) is 13.7. The number of carbonyl (C=O) groups is 5. The fourth-order valence-electron chi connectivity index (χ4n) is 5.60. The summed E-state index contributed by atoms with van der Waals surface area (Å²) < 4.78 is 19.6. The van der Waals surface area contributed by atoms with Gasteiger partial charge in [-0.1, -0.05) is 60.7 Å². The molecule has 3 amide bonds. The van der Waals surface area contributed by atoms with Crippen LogP contribution in [0.15, 0.2) is 78.6 Å². The molecule has 0 saturated carbocycles. The van der Waals surface area contributed by atoms with Crippen molar-refractivity contribution in [1.29, 1.82) is 0 Å². The van der Waals surface area contributed by atoms with Crippen LogP contribution in [0.3, 0.4) is 0 Å². The summed E-state index contributed by atoms with van der Waals surface area (Å²) >= 11 is 1.37. The topological polar surface area (TPSA) is 140 Å². The van der Waals surface area contributed by atoms with Gasteiger partial charge < -0.3 is 19.5 Å². The summed E-state index contributed by atoms with van der Waals surface area (Å²) in [6, 6.07) is 19.2. The highest BCUT2D eigenvalue weighted by Crippen LogP contribution is 2.46. The first-order valence-corrected chi connectivity index (χ1v) is 16.2. The first-order valence-electron chi connectivity index (χ1n) is 15.2. The number of nitrogens with one attached hydrogen (secondary N) is 1. The number of β-lactam (4-membered cyclic amide) rings is 1. The Hall–Kier alpha value is -5.11. The lowest BCUT2D eigenvalue weighted by atomic mass is 10.0. The molecule has 13 nitrogen and oxygen atoms in total. The normalized spacial score (nSPS) is 18.9. The molecule has 0 aliphatic carbocycles. The highest BCUT2D eigenvalue weighted by atomic mass is 32.2. The van der Waals surface area contributed by atoms with Gasteiger partial charge in [-0.05, 0) is 38.8 Å². The van der Waals surface area contributed by atoms with Crippen LogP contribution in [0.25, 0.3) is 5.70 Å². The number of hydrogen-bond donors (Lipinski definition) is 1. The maximum atomic E-state index is 14.5. The van der Waals surface area contributed by atoms with Gasteiger partial charge in [0.1, 0.15) is 29.8 Å². The predicted octanol–water partition coefficient (Wildman–Crippen LogP) is 3.15. The van der Waals surface area contributed by atoms with E-state index in [-0.39, 0.29) is 12.2 Å². The lowest BCUT2D eigenvalue weighted by Gasteiger charge is -2.51. The molecule has 0 bridgehead atoms. The Morgan fingerprint density at radius 1 is 1.04 bits per heavy atom. The van der Waals surface area contributed by atoms with Crippen LogP contribution in [0.4, 0.5) is 10.6 Å². The summed E-state index contributed by atoms with van der Waals surface area (Å²) in [5.74, 6) is -1.56. The Balaban J connectivity index is 1.59. The fourth-order valence-corrected chi connectivity index (χ4v) is 7.04. The van der Waals surface area contributed by atoms with Gasteiger partial charge in [0.25, 0.3) is 12.3 Å². The third-order valence-corrected chi connectivity index (χ3v) is 9.16. The number of methoxy groups -OCH3 is 1. The minimum absolute atomic E-state index is 0.0151. The SMILES string of the molecule is COC(=O)CN(C=O)c1ccn(C2=C(C(=O)OC(c3ccccc3)c3ccccc3)N3C(=O)C(NC(=O)OC(C)(C)C)[C@H]3SC2C)[n+]1C. The molecule has 2 aliphatic heterocycles. The zero-order valence-corrected chi connectivity index (χ0v) is 28.3. The largest absolute Gasteiger partial charge is 0.466 e. The minimum Gasteiger partial charge on any atom is -0.466 e. The summed E-state index contributed by atoms with van der Waals surface area (Å²) in [6.45, 7) is 6.70. The van der Waals surface area contributed by atoms with Crippen molar-refractivity contribution < 1.29 is 42.9 Å². The maximum absolute atomic E-state index is 14.5. The van der Waals surface area contributed by atoms with Crippen molar-refractivity contribution >= 4 is 53.6 Å². The van der Waals surface area contributed by atoms with Crippen molar-refractivity contribution in [2.75, 3.05) is 18.6 Å². The Kier molecular flexibility index (Phi) is 9.94. The number of aromatic nitrogens is 2. The molecule has 1 N–H and O–H groups in total. The average molecular weight is 677 g/mol. The van der Waals surface area contributed by atoms with Gasteiger partial charge in [-0.2, -0.15) is 14.3 Å². The molecule has 0 radical (unpaired) electrons. The first-order chi connectivity index (χ1) is 22.8. The lowest BCUT2D eigenvalue weighted by Crippen LogP contribution is -2.71. The molecule has 14 heteroatoms. The van der Waals surface area contributed by atoms with Gasteiger partial charge in [-0.3, -0.25) is 14.5 Å². The molecular weight excluding hydrogens is 638 g/mol. The molecule has 2 aliphatic rings. The summed E-state index contributed by atoms with van der Waals surface area (Å²) in [6.07, 6.45) is 0.590. The van der Waals surface area contributed by atoms with Crippen LogP contribution in [0.1, 0.15) is 44.9 Å². The number of amides is 3. The highest BCUT2D eigenvalue weighted by molar-refractivity contribution is 8.01. The number of benzene rings is 2. The predicted molar refractivity (Wildman–Crippen MR) is 176 cm³/mol. The Labute approximate surface area is 282 Å². The van der Waals surface area contributed by atoms with Crippen LogP contribution in [0.5, 0.6) is 0 Å².